The lowest BCUT2D eigenvalue weighted by atomic mass is 9.39. The summed E-state index contributed by atoms with van der Waals surface area (Å²) in [6, 6.07) is 16.4. The summed E-state index contributed by atoms with van der Waals surface area (Å²) < 4.78 is 12.0. The number of esters is 1. The van der Waals surface area contributed by atoms with Gasteiger partial charge in [0, 0.05) is 36.0 Å². The van der Waals surface area contributed by atoms with Crippen LogP contribution in [0.3, 0.4) is 0 Å². The highest BCUT2D eigenvalue weighted by Gasteiger charge is 2.74. The average molecular weight is 718 g/mol. The Kier molecular flexibility index (Phi) is 9.93. The number of Topliss-reactive ketones (excluding diaryl/α,β-unsaturated/α-hetero) is 2. The maximum Gasteiger partial charge on any atom is 0.338 e. The van der Waals surface area contributed by atoms with Crippen LogP contribution in [0.15, 0.2) is 71.8 Å². The minimum absolute atomic E-state index is 0.146. The van der Waals surface area contributed by atoms with Gasteiger partial charge in [-0.25, -0.2) is 4.79 Å². The molecule has 52 heavy (non-hydrogen) atoms. The fraction of sp³-hybridized carbons (Fsp3) is 0.561. The summed E-state index contributed by atoms with van der Waals surface area (Å²) in [5, 5.41) is 51.5. The van der Waals surface area contributed by atoms with Crippen molar-refractivity contribution in [2.24, 2.45) is 22.2 Å². The standard InChI is InChI=1S/C41H51NO10/c1-7-25(43)18-29(45)42-32(24-16-12-9-13-17-24)34(47)37(49)52-26-20-41(50)31(23-14-10-8-11-15-23)35-39(5)21-51-28(39)19-27(44)40(35,6)36(48)33(46)30(22(26)2)38(41,3)4/h8-17,26-28,31-35,44,46-47,50H,7,18-21H2,1-6H3,(H,42,45)/t26-,27-,28+,31?,32-,33+,34+,35?,39+,40+,41+/m0/s1. The van der Waals surface area contributed by atoms with Crippen LogP contribution in [-0.4, -0.2) is 86.6 Å². The maximum absolute atomic E-state index is 14.8. The van der Waals surface area contributed by atoms with Crippen molar-refractivity contribution in [3.8, 4) is 0 Å². The topological polar surface area (TPSA) is 180 Å². The lowest BCUT2D eigenvalue weighted by molar-refractivity contribution is -0.293. The van der Waals surface area contributed by atoms with Crippen molar-refractivity contribution in [3.05, 3.63) is 82.9 Å². The molecule has 1 amide bonds. The predicted molar refractivity (Wildman–Crippen MR) is 189 cm³/mol. The molecule has 1 aliphatic heterocycles. The van der Waals surface area contributed by atoms with Gasteiger partial charge in [0.05, 0.1) is 42.3 Å². The Balaban J connectivity index is 1.45. The van der Waals surface area contributed by atoms with Gasteiger partial charge in [-0.3, -0.25) is 14.4 Å². The number of aliphatic hydroxyl groups excluding tert-OH is 3. The normalized spacial score (nSPS) is 36.2. The molecule has 4 aliphatic rings. The van der Waals surface area contributed by atoms with E-state index in [1.165, 1.54) is 0 Å². The molecule has 2 bridgehead atoms. The molecule has 11 nitrogen and oxygen atoms in total. The summed E-state index contributed by atoms with van der Waals surface area (Å²) in [6.07, 6.45) is -6.66. The number of nitrogens with one attached hydrogen (secondary N) is 1. The van der Waals surface area contributed by atoms with Gasteiger partial charge in [-0.05, 0) is 42.0 Å². The van der Waals surface area contributed by atoms with Crippen molar-refractivity contribution >= 4 is 23.4 Å². The number of hydrogen-bond acceptors (Lipinski definition) is 10. The average Bonchev–Trinajstić information content (AvgIpc) is 3.11. The molecule has 0 radical (unpaired) electrons. The fourth-order valence-electron chi connectivity index (χ4n) is 9.98. The molecule has 3 fully saturated rings. The number of amides is 1. The van der Waals surface area contributed by atoms with E-state index in [2.05, 4.69) is 5.32 Å². The summed E-state index contributed by atoms with van der Waals surface area (Å²) in [7, 11) is 0. The second kappa shape index (κ2) is 13.6. The van der Waals surface area contributed by atoms with Crippen LogP contribution in [0, 0.1) is 22.2 Å². The highest BCUT2D eigenvalue weighted by atomic mass is 16.6. The van der Waals surface area contributed by atoms with Gasteiger partial charge >= 0.3 is 5.97 Å². The molecule has 2 saturated carbocycles. The lowest BCUT2D eigenvalue weighted by Gasteiger charge is -2.69. The number of benzene rings is 2. The Hall–Kier alpha value is -3.74. The number of carbonyl (C=O) groups excluding carboxylic acids is 4. The molecule has 2 unspecified atom stereocenters. The first kappa shape index (κ1) is 38.0. The number of aliphatic hydroxyl groups is 4. The predicted octanol–water partition coefficient (Wildman–Crippen LogP) is 3.48. The fourth-order valence-corrected chi connectivity index (χ4v) is 9.98. The first-order chi connectivity index (χ1) is 24.4. The van der Waals surface area contributed by atoms with Crippen LogP contribution in [0.4, 0.5) is 0 Å². The summed E-state index contributed by atoms with van der Waals surface area (Å²) in [4.78, 5) is 53.6. The van der Waals surface area contributed by atoms with Crippen LogP contribution >= 0.6 is 0 Å². The molecule has 280 valence electrons. The van der Waals surface area contributed by atoms with Crippen LogP contribution in [0.2, 0.25) is 0 Å². The van der Waals surface area contributed by atoms with Gasteiger partial charge in [-0.1, -0.05) is 88.4 Å². The number of ketones is 2. The van der Waals surface area contributed by atoms with E-state index in [-0.39, 0.29) is 43.3 Å². The van der Waals surface area contributed by atoms with Crippen LogP contribution in [0.5, 0.6) is 0 Å². The molecule has 6 rings (SSSR count). The van der Waals surface area contributed by atoms with Crippen LogP contribution < -0.4 is 5.32 Å². The van der Waals surface area contributed by atoms with Crippen molar-refractivity contribution in [2.45, 2.75) is 115 Å². The third kappa shape index (κ3) is 5.76. The van der Waals surface area contributed by atoms with E-state index < -0.39 is 88.2 Å². The minimum Gasteiger partial charge on any atom is -0.456 e. The first-order valence-electron chi connectivity index (χ1n) is 18.2. The molecule has 2 aromatic rings. The second-order valence-electron chi connectivity index (χ2n) is 16.2. The largest absolute Gasteiger partial charge is 0.456 e. The SMILES string of the molecule is CCC(=O)CC(=O)N[C@@H](c1ccccc1)[C@@H](O)C(=O)O[C@H]1C[C@@]2(O)C(c3ccccc3)C3[C@]4(C)CO[C@@H]4C[C@H](O)[C@@]3(C)C(=O)[C@H](O)C(=C1C)C2(C)C. The molecular weight excluding hydrogens is 666 g/mol. The summed E-state index contributed by atoms with van der Waals surface area (Å²) in [5.74, 6) is -4.18. The van der Waals surface area contributed by atoms with Crippen LogP contribution in [-0.2, 0) is 28.7 Å². The molecule has 1 heterocycles. The van der Waals surface area contributed by atoms with E-state index in [0.29, 0.717) is 11.1 Å². The molecule has 0 aromatic heterocycles. The minimum atomic E-state index is -1.92. The van der Waals surface area contributed by atoms with Gasteiger partial charge in [-0.2, -0.15) is 0 Å². The number of hydrogen-bond donors (Lipinski definition) is 5. The molecule has 11 heteroatoms. The zero-order valence-electron chi connectivity index (χ0n) is 30.7. The first-order valence-corrected chi connectivity index (χ1v) is 18.2. The summed E-state index contributed by atoms with van der Waals surface area (Å²) in [6.45, 7) is 10.8. The van der Waals surface area contributed by atoms with Gasteiger partial charge < -0.3 is 35.2 Å². The van der Waals surface area contributed by atoms with Gasteiger partial charge in [0.2, 0.25) is 5.91 Å². The zero-order chi connectivity index (χ0) is 38.0. The quantitative estimate of drug-likeness (QED) is 0.147. The van der Waals surface area contributed by atoms with Crippen molar-refractivity contribution in [1.29, 1.82) is 0 Å². The van der Waals surface area contributed by atoms with Crippen molar-refractivity contribution in [3.63, 3.8) is 0 Å². The molecule has 1 saturated heterocycles. The van der Waals surface area contributed by atoms with Gasteiger partial charge in [0.25, 0.3) is 0 Å². The van der Waals surface area contributed by atoms with E-state index in [0.717, 1.165) is 5.56 Å². The Bertz CT molecular complexity index is 1760. The van der Waals surface area contributed by atoms with Crippen molar-refractivity contribution < 1.29 is 49.1 Å². The number of ether oxygens (including phenoxy) is 2. The molecule has 2 aromatic carbocycles. The van der Waals surface area contributed by atoms with Crippen LogP contribution in [0.1, 0.15) is 90.3 Å². The highest BCUT2D eigenvalue weighted by molar-refractivity contribution is 5.98. The third-order valence-corrected chi connectivity index (χ3v) is 13.1. The van der Waals surface area contributed by atoms with Gasteiger partial charge in [0.1, 0.15) is 18.0 Å². The van der Waals surface area contributed by atoms with Gasteiger partial charge in [0.15, 0.2) is 11.9 Å². The van der Waals surface area contributed by atoms with E-state index in [9.17, 15) is 39.6 Å². The number of fused-ring (bicyclic) bond motifs is 5. The molecule has 11 atom stereocenters. The Morgan fingerprint density at radius 1 is 1.00 bits per heavy atom. The second-order valence-corrected chi connectivity index (χ2v) is 16.2. The summed E-state index contributed by atoms with van der Waals surface area (Å²) in [5.41, 5.74) is -3.51. The Morgan fingerprint density at radius 2 is 1.62 bits per heavy atom. The van der Waals surface area contributed by atoms with E-state index in [4.69, 9.17) is 9.47 Å². The lowest BCUT2D eigenvalue weighted by Crippen LogP contribution is -2.74. The molecule has 3 aliphatic carbocycles. The maximum atomic E-state index is 14.8. The molecular formula is C41H51NO10. The number of carbonyl (C=O) groups is 4. The molecule has 5 N–H and O–H groups in total. The van der Waals surface area contributed by atoms with E-state index >= 15 is 0 Å². The van der Waals surface area contributed by atoms with Crippen molar-refractivity contribution in [1.82, 2.24) is 5.32 Å². The summed E-state index contributed by atoms with van der Waals surface area (Å²) >= 11 is 0. The number of rotatable bonds is 9. The van der Waals surface area contributed by atoms with E-state index in [1.54, 1.807) is 65.0 Å². The third-order valence-electron chi connectivity index (χ3n) is 13.1. The van der Waals surface area contributed by atoms with Crippen LogP contribution in [0.25, 0.3) is 0 Å². The monoisotopic (exact) mass is 717 g/mol. The Labute approximate surface area is 304 Å². The van der Waals surface area contributed by atoms with E-state index in [1.807, 2.05) is 37.3 Å². The Morgan fingerprint density at radius 3 is 2.19 bits per heavy atom. The smallest absolute Gasteiger partial charge is 0.338 e. The highest BCUT2D eigenvalue weighted by Crippen LogP contribution is 2.69. The molecule has 0 spiro atoms. The van der Waals surface area contributed by atoms with Crippen molar-refractivity contribution in [2.75, 3.05) is 6.61 Å². The van der Waals surface area contributed by atoms with Gasteiger partial charge in [-0.15, -0.1) is 0 Å². The zero-order valence-corrected chi connectivity index (χ0v) is 30.7.